The van der Waals surface area contributed by atoms with Crippen LogP contribution in [0.1, 0.15) is 11.1 Å². The molecule has 19 heavy (non-hydrogen) atoms. The molecule has 0 unspecified atom stereocenters. The number of benzene rings is 2. The number of aromatic hydroxyl groups is 1. The SMILES string of the molecule is COc1ccccc1N=Nc1cc(C)c(C)cc1O. The van der Waals surface area contributed by atoms with E-state index in [2.05, 4.69) is 10.2 Å². The lowest BCUT2D eigenvalue weighted by atomic mass is 10.1. The van der Waals surface area contributed by atoms with Gasteiger partial charge in [0.1, 0.15) is 22.9 Å². The summed E-state index contributed by atoms with van der Waals surface area (Å²) in [6.45, 7) is 3.91. The second kappa shape index (κ2) is 5.52. The first-order valence-electron chi connectivity index (χ1n) is 5.97. The van der Waals surface area contributed by atoms with E-state index in [9.17, 15) is 5.11 Å². The summed E-state index contributed by atoms with van der Waals surface area (Å²) in [5.41, 5.74) is 3.16. The van der Waals surface area contributed by atoms with E-state index < -0.39 is 0 Å². The number of ether oxygens (including phenoxy) is 1. The standard InChI is InChI=1S/C15H16N2O2/c1-10-8-13(14(18)9-11(10)2)17-16-12-6-4-5-7-15(12)19-3/h4-9,18H,1-3H3. The summed E-state index contributed by atoms with van der Waals surface area (Å²) in [6.07, 6.45) is 0. The highest BCUT2D eigenvalue weighted by Gasteiger charge is 2.04. The molecule has 0 aromatic heterocycles. The number of hydrogen-bond donors (Lipinski definition) is 1. The van der Waals surface area contributed by atoms with Gasteiger partial charge in [0.2, 0.25) is 0 Å². The normalized spacial score (nSPS) is 10.9. The largest absolute Gasteiger partial charge is 0.506 e. The Morgan fingerprint density at radius 3 is 2.32 bits per heavy atom. The smallest absolute Gasteiger partial charge is 0.146 e. The van der Waals surface area contributed by atoms with Crippen molar-refractivity contribution in [1.29, 1.82) is 0 Å². The third-order valence-electron chi connectivity index (χ3n) is 2.94. The minimum Gasteiger partial charge on any atom is -0.506 e. The molecule has 0 spiro atoms. The molecule has 0 saturated carbocycles. The van der Waals surface area contributed by atoms with Crippen molar-refractivity contribution in [1.82, 2.24) is 0 Å². The fraction of sp³-hybridized carbons (Fsp3) is 0.200. The van der Waals surface area contributed by atoms with Gasteiger partial charge in [-0.05, 0) is 49.2 Å². The van der Waals surface area contributed by atoms with E-state index in [4.69, 9.17) is 4.74 Å². The Kier molecular flexibility index (Phi) is 3.80. The molecule has 0 aliphatic heterocycles. The van der Waals surface area contributed by atoms with Crippen LogP contribution in [0.5, 0.6) is 11.5 Å². The van der Waals surface area contributed by atoms with Crippen molar-refractivity contribution in [3.8, 4) is 11.5 Å². The van der Waals surface area contributed by atoms with E-state index >= 15 is 0 Å². The molecule has 0 aliphatic rings. The van der Waals surface area contributed by atoms with Crippen LogP contribution in [0.2, 0.25) is 0 Å². The van der Waals surface area contributed by atoms with Crippen molar-refractivity contribution in [3.63, 3.8) is 0 Å². The summed E-state index contributed by atoms with van der Waals surface area (Å²) in [6, 6.07) is 10.8. The van der Waals surface area contributed by atoms with Gasteiger partial charge in [-0.15, -0.1) is 10.2 Å². The van der Waals surface area contributed by atoms with E-state index in [0.29, 0.717) is 17.1 Å². The molecule has 2 aromatic rings. The van der Waals surface area contributed by atoms with Crippen LogP contribution in [0.15, 0.2) is 46.6 Å². The van der Waals surface area contributed by atoms with Gasteiger partial charge < -0.3 is 9.84 Å². The highest BCUT2D eigenvalue weighted by molar-refractivity contribution is 5.56. The second-order valence-corrected chi connectivity index (χ2v) is 4.30. The van der Waals surface area contributed by atoms with Gasteiger partial charge in [0.25, 0.3) is 0 Å². The van der Waals surface area contributed by atoms with Crippen molar-refractivity contribution in [2.45, 2.75) is 13.8 Å². The number of methoxy groups -OCH3 is 1. The number of azo groups is 1. The van der Waals surface area contributed by atoms with Crippen LogP contribution >= 0.6 is 0 Å². The zero-order chi connectivity index (χ0) is 13.8. The fourth-order valence-corrected chi connectivity index (χ4v) is 1.69. The van der Waals surface area contributed by atoms with Gasteiger partial charge >= 0.3 is 0 Å². The zero-order valence-electron chi connectivity index (χ0n) is 11.2. The van der Waals surface area contributed by atoms with Crippen LogP contribution in [0.4, 0.5) is 11.4 Å². The zero-order valence-corrected chi connectivity index (χ0v) is 11.2. The molecule has 4 heteroatoms. The average molecular weight is 256 g/mol. The average Bonchev–Trinajstić information content (AvgIpc) is 2.41. The monoisotopic (exact) mass is 256 g/mol. The Morgan fingerprint density at radius 2 is 1.58 bits per heavy atom. The number of rotatable bonds is 3. The molecular formula is C15H16N2O2. The lowest BCUT2D eigenvalue weighted by Crippen LogP contribution is -1.82. The molecule has 0 fully saturated rings. The Balaban J connectivity index is 2.35. The maximum absolute atomic E-state index is 9.84. The molecule has 0 heterocycles. The topological polar surface area (TPSA) is 54.2 Å². The minimum atomic E-state index is 0.127. The van der Waals surface area contributed by atoms with Crippen molar-refractivity contribution >= 4 is 11.4 Å². The Labute approximate surface area is 112 Å². The first-order chi connectivity index (χ1) is 9.11. The molecule has 1 N–H and O–H groups in total. The fourth-order valence-electron chi connectivity index (χ4n) is 1.69. The van der Waals surface area contributed by atoms with Gasteiger partial charge in [0.15, 0.2) is 0 Å². The summed E-state index contributed by atoms with van der Waals surface area (Å²) in [5, 5.41) is 18.0. The van der Waals surface area contributed by atoms with Crippen LogP contribution in [-0.2, 0) is 0 Å². The predicted molar refractivity (Wildman–Crippen MR) is 74.8 cm³/mol. The molecule has 0 bridgehead atoms. The molecule has 2 rings (SSSR count). The maximum atomic E-state index is 9.84. The van der Waals surface area contributed by atoms with Gasteiger partial charge in [-0.25, -0.2) is 0 Å². The van der Waals surface area contributed by atoms with E-state index in [-0.39, 0.29) is 5.75 Å². The van der Waals surface area contributed by atoms with Crippen molar-refractivity contribution in [2.75, 3.05) is 7.11 Å². The van der Waals surface area contributed by atoms with Crippen molar-refractivity contribution in [2.24, 2.45) is 10.2 Å². The van der Waals surface area contributed by atoms with Crippen LogP contribution < -0.4 is 4.74 Å². The van der Waals surface area contributed by atoms with Gasteiger partial charge in [0.05, 0.1) is 7.11 Å². The lowest BCUT2D eigenvalue weighted by Gasteiger charge is -2.04. The van der Waals surface area contributed by atoms with Gasteiger partial charge in [-0.2, -0.15) is 0 Å². The highest BCUT2D eigenvalue weighted by atomic mass is 16.5. The number of hydrogen-bond acceptors (Lipinski definition) is 4. The second-order valence-electron chi connectivity index (χ2n) is 4.30. The summed E-state index contributed by atoms with van der Waals surface area (Å²) in [4.78, 5) is 0. The van der Waals surface area contributed by atoms with Crippen LogP contribution in [0, 0.1) is 13.8 Å². The third kappa shape index (κ3) is 2.91. The number of phenolic OH excluding ortho intramolecular Hbond substituents is 1. The summed E-state index contributed by atoms with van der Waals surface area (Å²) in [5.74, 6) is 0.774. The molecule has 0 aliphatic carbocycles. The van der Waals surface area contributed by atoms with Crippen LogP contribution in [0.3, 0.4) is 0 Å². The minimum absolute atomic E-state index is 0.127. The molecule has 0 amide bonds. The van der Waals surface area contributed by atoms with Gasteiger partial charge in [0, 0.05) is 0 Å². The predicted octanol–water partition coefficient (Wildman–Crippen LogP) is 4.43. The van der Waals surface area contributed by atoms with Crippen LogP contribution in [-0.4, -0.2) is 12.2 Å². The Morgan fingerprint density at radius 1 is 0.947 bits per heavy atom. The van der Waals surface area contributed by atoms with E-state index in [0.717, 1.165) is 11.1 Å². The molecule has 0 saturated heterocycles. The number of phenols is 1. The molecule has 0 atom stereocenters. The van der Waals surface area contributed by atoms with E-state index in [1.807, 2.05) is 38.1 Å². The van der Waals surface area contributed by atoms with E-state index in [1.165, 1.54) is 0 Å². The molecule has 4 nitrogen and oxygen atoms in total. The maximum Gasteiger partial charge on any atom is 0.146 e. The van der Waals surface area contributed by atoms with Crippen molar-refractivity contribution in [3.05, 3.63) is 47.5 Å². The molecule has 98 valence electrons. The molecule has 0 radical (unpaired) electrons. The van der Waals surface area contributed by atoms with E-state index in [1.54, 1.807) is 19.2 Å². The Bertz CT molecular complexity index is 622. The molecule has 2 aromatic carbocycles. The van der Waals surface area contributed by atoms with Crippen molar-refractivity contribution < 1.29 is 9.84 Å². The first kappa shape index (κ1) is 13.1. The quantitative estimate of drug-likeness (QED) is 0.826. The number of para-hydroxylation sites is 1. The summed E-state index contributed by atoms with van der Waals surface area (Å²) < 4.78 is 5.19. The number of aryl methyl sites for hydroxylation is 2. The summed E-state index contributed by atoms with van der Waals surface area (Å²) >= 11 is 0. The summed E-state index contributed by atoms with van der Waals surface area (Å²) in [7, 11) is 1.59. The lowest BCUT2D eigenvalue weighted by molar-refractivity contribution is 0.416. The number of nitrogens with zero attached hydrogens (tertiary/aromatic N) is 2. The van der Waals surface area contributed by atoms with Gasteiger partial charge in [-0.1, -0.05) is 12.1 Å². The third-order valence-corrected chi connectivity index (χ3v) is 2.94. The first-order valence-corrected chi connectivity index (χ1v) is 5.97. The Hall–Kier alpha value is -2.36. The molecular weight excluding hydrogens is 240 g/mol. The van der Waals surface area contributed by atoms with Crippen LogP contribution in [0.25, 0.3) is 0 Å². The van der Waals surface area contributed by atoms with Gasteiger partial charge in [-0.3, -0.25) is 0 Å². The highest BCUT2D eigenvalue weighted by Crippen LogP contribution is 2.33.